The van der Waals surface area contributed by atoms with Crippen LogP contribution in [0.4, 0.5) is 0 Å². The second-order valence-corrected chi connectivity index (χ2v) is 3.88. The highest BCUT2D eigenvalue weighted by Gasteiger charge is 2.54. The minimum Gasteiger partial charge on any atom is -0.465 e. The van der Waals surface area contributed by atoms with Crippen LogP contribution in [-0.2, 0) is 9.53 Å². The summed E-state index contributed by atoms with van der Waals surface area (Å²) < 4.78 is 5.05. The molecular weight excluding hydrogens is 216 g/mol. The number of aromatic nitrogens is 1. The molecule has 1 unspecified atom stereocenters. The van der Waals surface area contributed by atoms with Crippen molar-refractivity contribution < 1.29 is 9.53 Å². The number of carbonyl (C=O) groups is 1. The van der Waals surface area contributed by atoms with Gasteiger partial charge >= 0.3 is 5.97 Å². The zero-order valence-electron chi connectivity index (χ0n) is 9.87. The molecule has 0 N–H and O–H groups in total. The third kappa shape index (κ3) is 2.36. The van der Waals surface area contributed by atoms with Crippen molar-refractivity contribution in [2.24, 2.45) is 0 Å². The summed E-state index contributed by atoms with van der Waals surface area (Å²) in [4.78, 5) is 18.1. The molecule has 0 radical (unpaired) electrons. The topological polar surface area (TPSA) is 42.2 Å². The standard InChI is InChI=1S/C13H16N2O2/c1-3-9-15-11(10-7-5-6-8-14-10)12(15)13(16)17-4-2/h3,5-8,11-12H,1,4,9H2,2H3/t11-,12-,15?/m1/s1. The number of esters is 1. The van der Waals surface area contributed by atoms with Gasteiger partial charge in [0, 0.05) is 12.7 Å². The van der Waals surface area contributed by atoms with E-state index in [1.165, 1.54) is 0 Å². The Morgan fingerprint density at radius 2 is 2.47 bits per heavy atom. The molecule has 0 amide bonds. The van der Waals surface area contributed by atoms with Crippen molar-refractivity contribution in [1.82, 2.24) is 9.88 Å². The summed E-state index contributed by atoms with van der Waals surface area (Å²) in [5.74, 6) is -0.176. The van der Waals surface area contributed by atoms with E-state index < -0.39 is 0 Å². The van der Waals surface area contributed by atoms with Gasteiger partial charge in [-0.05, 0) is 19.1 Å². The van der Waals surface area contributed by atoms with Crippen molar-refractivity contribution >= 4 is 5.97 Å². The maximum atomic E-state index is 11.7. The number of hydrogen-bond donors (Lipinski definition) is 0. The van der Waals surface area contributed by atoms with Crippen LogP contribution >= 0.6 is 0 Å². The molecule has 17 heavy (non-hydrogen) atoms. The highest BCUT2D eigenvalue weighted by molar-refractivity contribution is 5.80. The number of hydrogen-bond acceptors (Lipinski definition) is 4. The zero-order chi connectivity index (χ0) is 12.3. The summed E-state index contributed by atoms with van der Waals surface area (Å²) in [6.07, 6.45) is 3.52. The van der Waals surface area contributed by atoms with E-state index in [9.17, 15) is 4.79 Å². The van der Waals surface area contributed by atoms with E-state index >= 15 is 0 Å². The Hall–Kier alpha value is -1.68. The van der Waals surface area contributed by atoms with Crippen LogP contribution in [0.25, 0.3) is 0 Å². The van der Waals surface area contributed by atoms with Crippen molar-refractivity contribution in [3.05, 3.63) is 42.7 Å². The second kappa shape index (κ2) is 5.10. The molecule has 2 heterocycles. The maximum Gasteiger partial charge on any atom is 0.325 e. The van der Waals surface area contributed by atoms with E-state index in [4.69, 9.17) is 4.74 Å². The lowest BCUT2D eigenvalue weighted by Gasteiger charge is -1.99. The summed E-state index contributed by atoms with van der Waals surface area (Å²) in [6.45, 7) is 6.59. The summed E-state index contributed by atoms with van der Waals surface area (Å²) in [5, 5.41) is 0. The van der Waals surface area contributed by atoms with E-state index in [0.29, 0.717) is 13.2 Å². The molecule has 1 aromatic rings. The molecule has 1 aliphatic heterocycles. The summed E-state index contributed by atoms with van der Waals surface area (Å²) in [5.41, 5.74) is 0.910. The fraction of sp³-hybridized carbons (Fsp3) is 0.385. The van der Waals surface area contributed by atoms with Crippen LogP contribution in [0.5, 0.6) is 0 Å². The molecule has 1 aromatic heterocycles. The Morgan fingerprint density at radius 3 is 3.06 bits per heavy atom. The summed E-state index contributed by atoms with van der Waals surface area (Å²) >= 11 is 0. The fourth-order valence-electron chi connectivity index (χ4n) is 2.03. The van der Waals surface area contributed by atoms with E-state index in [2.05, 4.69) is 11.6 Å². The van der Waals surface area contributed by atoms with Gasteiger partial charge in [0.1, 0.15) is 6.04 Å². The summed E-state index contributed by atoms with van der Waals surface area (Å²) in [7, 11) is 0. The van der Waals surface area contributed by atoms with Crippen molar-refractivity contribution in [3.8, 4) is 0 Å². The van der Waals surface area contributed by atoms with Crippen LogP contribution in [0.2, 0.25) is 0 Å². The first-order valence-electron chi connectivity index (χ1n) is 5.73. The van der Waals surface area contributed by atoms with E-state index in [1.807, 2.05) is 30.0 Å². The van der Waals surface area contributed by atoms with Gasteiger partial charge in [-0.15, -0.1) is 6.58 Å². The molecule has 4 nitrogen and oxygen atoms in total. The van der Waals surface area contributed by atoms with Crippen LogP contribution in [0.1, 0.15) is 18.7 Å². The van der Waals surface area contributed by atoms with Gasteiger partial charge in [-0.2, -0.15) is 0 Å². The Labute approximate surface area is 101 Å². The Bertz CT molecular complexity index is 405. The molecule has 1 aliphatic rings. The van der Waals surface area contributed by atoms with Gasteiger partial charge < -0.3 is 4.74 Å². The summed E-state index contributed by atoms with van der Waals surface area (Å²) in [6, 6.07) is 5.55. The smallest absolute Gasteiger partial charge is 0.325 e. The predicted molar refractivity (Wildman–Crippen MR) is 64.3 cm³/mol. The Balaban J connectivity index is 2.11. The molecule has 0 spiro atoms. The van der Waals surface area contributed by atoms with Crippen LogP contribution in [0, 0.1) is 0 Å². The van der Waals surface area contributed by atoms with Gasteiger partial charge in [-0.25, -0.2) is 0 Å². The molecule has 0 saturated carbocycles. The normalized spacial score (nSPS) is 26.3. The average Bonchev–Trinajstić information content (AvgIpc) is 3.05. The fourth-order valence-corrected chi connectivity index (χ4v) is 2.03. The number of nitrogens with zero attached hydrogens (tertiary/aromatic N) is 2. The zero-order valence-corrected chi connectivity index (χ0v) is 9.87. The van der Waals surface area contributed by atoms with Crippen molar-refractivity contribution in [2.75, 3.05) is 13.2 Å². The van der Waals surface area contributed by atoms with Gasteiger partial charge in [0.05, 0.1) is 18.3 Å². The molecule has 4 heteroatoms. The first-order valence-corrected chi connectivity index (χ1v) is 5.73. The monoisotopic (exact) mass is 232 g/mol. The van der Waals surface area contributed by atoms with Crippen LogP contribution in [0.3, 0.4) is 0 Å². The van der Waals surface area contributed by atoms with Gasteiger partial charge in [-0.1, -0.05) is 12.1 Å². The second-order valence-electron chi connectivity index (χ2n) is 3.88. The lowest BCUT2D eigenvalue weighted by Crippen LogP contribution is -2.16. The first-order chi connectivity index (χ1) is 8.29. The van der Waals surface area contributed by atoms with Crippen molar-refractivity contribution in [3.63, 3.8) is 0 Å². The highest BCUT2D eigenvalue weighted by Crippen LogP contribution is 2.42. The molecule has 90 valence electrons. The number of ether oxygens (including phenoxy) is 1. The SMILES string of the molecule is C=CCN1[C@H](c2ccccn2)[C@@H]1C(=O)OCC. The quantitative estimate of drug-likeness (QED) is 0.439. The average molecular weight is 232 g/mol. The lowest BCUT2D eigenvalue weighted by atomic mass is 10.2. The molecule has 0 aromatic carbocycles. The molecule has 2 rings (SSSR count). The number of pyridine rings is 1. The van der Waals surface area contributed by atoms with Gasteiger partial charge in [0.15, 0.2) is 0 Å². The van der Waals surface area contributed by atoms with E-state index in [1.54, 1.807) is 12.3 Å². The molecule has 1 fully saturated rings. The van der Waals surface area contributed by atoms with Crippen molar-refractivity contribution in [1.29, 1.82) is 0 Å². The molecular formula is C13H16N2O2. The van der Waals surface area contributed by atoms with Gasteiger partial charge in [0.25, 0.3) is 0 Å². The van der Waals surface area contributed by atoms with Crippen LogP contribution in [-0.4, -0.2) is 35.0 Å². The molecule has 0 bridgehead atoms. The van der Waals surface area contributed by atoms with Crippen LogP contribution in [0.15, 0.2) is 37.1 Å². The van der Waals surface area contributed by atoms with Gasteiger partial charge in [0.2, 0.25) is 0 Å². The molecule has 1 saturated heterocycles. The Morgan fingerprint density at radius 1 is 1.65 bits per heavy atom. The highest BCUT2D eigenvalue weighted by atomic mass is 16.5. The lowest BCUT2D eigenvalue weighted by molar-refractivity contribution is -0.143. The largest absolute Gasteiger partial charge is 0.465 e. The minimum absolute atomic E-state index is 0.0354. The van der Waals surface area contributed by atoms with E-state index in [0.717, 1.165) is 5.69 Å². The third-order valence-corrected chi connectivity index (χ3v) is 2.78. The third-order valence-electron chi connectivity index (χ3n) is 2.78. The number of carbonyl (C=O) groups excluding carboxylic acids is 1. The van der Waals surface area contributed by atoms with E-state index in [-0.39, 0.29) is 18.1 Å². The minimum atomic E-state index is -0.206. The predicted octanol–water partition coefficient (Wildman–Crippen LogP) is 1.56. The molecule has 3 atom stereocenters. The first kappa shape index (κ1) is 11.8. The van der Waals surface area contributed by atoms with Crippen LogP contribution < -0.4 is 0 Å². The van der Waals surface area contributed by atoms with Gasteiger partial charge in [-0.3, -0.25) is 14.7 Å². The van der Waals surface area contributed by atoms with Crippen molar-refractivity contribution in [2.45, 2.75) is 19.0 Å². The maximum absolute atomic E-state index is 11.7. The number of rotatable bonds is 5. The Kier molecular flexibility index (Phi) is 3.54. The molecule has 0 aliphatic carbocycles.